The van der Waals surface area contributed by atoms with E-state index in [9.17, 15) is 9.18 Å². The van der Waals surface area contributed by atoms with Crippen LogP contribution >= 0.6 is 0 Å². The van der Waals surface area contributed by atoms with Crippen LogP contribution in [0, 0.1) is 5.82 Å². The molecule has 2 N–H and O–H groups in total. The standard InChI is InChI=1S/C15H22FN3O/c1-12(11-19-8-2-3-9-19)17-10-15(20)18-14-6-4-13(16)5-7-14/h4-7,12,17H,2-3,8-11H2,1H3,(H,18,20). The maximum absolute atomic E-state index is 12.7. The lowest BCUT2D eigenvalue weighted by Gasteiger charge is -2.21. The van der Waals surface area contributed by atoms with Gasteiger partial charge in [-0.1, -0.05) is 0 Å². The number of amides is 1. The average Bonchev–Trinajstić information content (AvgIpc) is 2.92. The zero-order chi connectivity index (χ0) is 14.4. The summed E-state index contributed by atoms with van der Waals surface area (Å²) in [6.07, 6.45) is 2.55. The molecule has 1 fully saturated rings. The molecule has 1 saturated heterocycles. The number of nitrogens with one attached hydrogen (secondary N) is 2. The minimum absolute atomic E-state index is 0.107. The van der Waals surface area contributed by atoms with E-state index in [0.29, 0.717) is 5.69 Å². The fourth-order valence-corrected chi connectivity index (χ4v) is 2.42. The third kappa shape index (κ3) is 4.90. The lowest BCUT2D eigenvalue weighted by Crippen LogP contribution is -2.41. The van der Waals surface area contributed by atoms with Crippen molar-refractivity contribution in [3.8, 4) is 0 Å². The molecule has 0 spiro atoms. The Balaban J connectivity index is 1.67. The molecule has 1 heterocycles. The third-order valence-corrected chi connectivity index (χ3v) is 3.47. The molecule has 1 aliphatic rings. The van der Waals surface area contributed by atoms with Gasteiger partial charge in [0.05, 0.1) is 6.54 Å². The molecule has 0 aromatic heterocycles. The van der Waals surface area contributed by atoms with Gasteiger partial charge in [0, 0.05) is 18.3 Å². The van der Waals surface area contributed by atoms with E-state index in [1.54, 1.807) is 12.1 Å². The summed E-state index contributed by atoms with van der Waals surface area (Å²) in [5.74, 6) is -0.412. The van der Waals surface area contributed by atoms with E-state index >= 15 is 0 Å². The Morgan fingerprint density at radius 3 is 2.60 bits per heavy atom. The largest absolute Gasteiger partial charge is 0.325 e. The zero-order valence-corrected chi connectivity index (χ0v) is 11.9. The maximum atomic E-state index is 12.7. The predicted octanol–water partition coefficient (Wildman–Crippen LogP) is 1.84. The summed E-state index contributed by atoms with van der Waals surface area (Å²) >= 11 is 0. The first-order valence-electron chi connectivity index (χ1n) is 7.14. The molecule has 0 bridgehead atoms. The normalized spacial score (nSPS) is 17.1. The van der Waals surface area contributed by atoms with E-state index in [2.05, 4.69) is 22.5 Å². The van der Waals surface area contributed by atoms with Crippen LogP contribution in [0.3, 0.4) is 0 Å². The molecular weight excluding hydrogens is 257 g/mol. The summed E-state index contributed by atoms with van der Waals surface area (Å²) in [7, 11) is 0. The Bertz CT molecular complexity index is 429. The van der Waals surface area contributed by atoms with Crippen LogP contribution in [-0.4, -0.2) is 43.0 Å². The Morgan fingerprint density at radius 1 is 1.30 bits per heavy atom. The smallest absolute Gasteiger partial charge is 0.238 e. The second-order valence-corrected chi connectivity index (χ2v) is 5.34. The van der Waals surface area contributed by atoms with Crippen LogP contribution in [0.2, 0.25) is 0 Å². The van der Waals surface area contributed by atoms with Gasteiger partial charge in [0.15, 0.2) is 0 Å². The predicted molar refractivity (Wildman–Crippen MR) is 78.2 cm³/mol. The molecule has 1 aliphatic heterocycles. The fraction of sp³-hybridized carbons (Fsp3) is 0.533. The highest BCUT2D eigenvalue weighted by atomic mass is 19.1. The second kappa shape index (κ2) is 7.36. The summed E-state index contributed by atoms with van der Waals surface area (Å²) in [5, 5.41) is 5.95. The second-order valence-electron chi connectivity index (χ2n) is 5.34. The molecule has 2 rings (SSSR count). The fourth-order valence-electron chi connectivity index (χ4n) is 2.42. The molecule has 0 radical (unpaired) electrons. The van der Waals surface area contributed by atoms with Gasteiger partial charge < -0.3 is 15.5 Å². The minimum Gasteiger partial charge on any atom is -0.325 e. The van der Waals surface area contributed by atoms with Crippen LogP contribution < -0.4 is 10.6 Å². The number of hydrogen-bond donors (Lipinski definition) is 2. The zero-order valence-electron chi connectivity index (χ0n) is 11.9. The van der Waals surface area contributed by atoms with Crippen LogP contribution in [0.4, 0.5) is 10.1 Å². The van der Waals surface area contributed by atoms with Crippen molar-refractivity contribution in [3.05, 3.63) is 30.1 Å². The number of likely N-dealkylation sites (tertiary alicyclic amines) is 1. The van der Waals surface area contributed by atoms with Gasteiger partial charge in [-0.05, 0) is 57.1 Å². The topological polar surface area (TPSA) is 44.4 Å². The van der Waals surface area contributed by atoms with E-state index in [-0.39, 0.29) is 24.3 Å². The Kier molecular flexibility index (Phi) is 5.49. The van der Waals surface area contributed by atoms with Crippen molar-refractivity contribution in [1.29, 1.82) is 0 Å². The van der Waals surface area contributed by atoms with Gasteiger partial charge in [0.1, 0.15) is 5.82 Å². The van der Waals surface area contributed by atoms with Crippen molar-refractivity contribution in [3.63, 3.8) is 0 Å². The molecule has 5 heteroatoms. The van der Waals surface area contributed by atoms with Gasteiger partial charge in [-0.25, -0.2) is 4.39 Å². The van der Waals surface area contributed by atoms with Crippen molar-refractivity contribution in [2.75, 3.05) is 31.5 Å². The first-order valence-corrected chi connectivity index (χ1v) is 7.14. The highest BCUT2D eigenvalue weighted by Crippen LogP contribution is 2.08. The van der Waals surface area contributed by atoms with Crippen LogP contribution in [0.1, 0.15) is 19.8 Å². The van der Waals surface area contributed by atoms with E-state index in [0.717, 1.165) is 19.6 Å². The van der Waals surface area contributed by atoms with Crippen molar-refractivity contribution in [2.24, 2.45) is 0 Å². The summed E-state index contributed by atoms with van der Waals surface area (Å²) in [6, 6.07) is 6.06. The quantitative estimate of drug-likeness (QED) is 0.835. The molecule has 0 saturated carbocycles. The SMILES string of the molecule is CC(CN1CCCC1)NCC(=O)Nc1ccc(F)cc1. The van der Waals surface area contributed by atoms with Gasteiger partial charge in [-0.2, -0.15) is 0 Å². The lowest BCUT2D eigenvalue weighted by molar-refractivity contribution is -0.115. The molecule has 20 heavy (non-hydrogen) atoms. The molecule has 1 aromatic rings. The molecule has 1 aromatic carbocycles. The minimum atomic E-state index is -0.305. The van der Waals surface area contributed by atoms with E-state index < -0.39 is 0 Å². The number of hydrogen-bond acceptors (Lipinski definition) is 3. The molecule has 1 unspecified atom stereocenters. The Morgan fingerprint density at radius 2 is 1.95 bits per heavy atom. The highest BCUT2D eigenvalue weighted by Gasteiger charge is 2.14. The number of benzene rings is 1. The maximum Gasteiger partial charge on any atom is 0.238 e. The van der Waals surface area contributed by atoms with Gasteiger partial charge in [0.2, 0.25) is 5.91 Å². The molecule has 1 atom stereocenters. The van der Waals surface area contributed by atoms with E-state index in [1.165, 1.54) is 25.0 Å². The lowest BCUT2D eigenvalue weighted by atomic mass is 10.3. The summed E-state index contributed by atoms with van der Waals surface area (Å²) < 4.78 is 12.7. The van der Waals surface area contributed by atoms with Crippen LogP contribution in [0.25, 0.3) is 0 Å². The number of rotatable bonds is 6. The summed E-state index contributed by atoms with van der Waals surface area (Å²) in [4.78, 5) is 14.2. The number of nitrogens with zero attached hydrogens (tertiary/aromatic N) is 1. The molecule has 1 amide bonds. The van der Waals surface area contributed by atoms with E-state index in [1.807, 2.05) is 0 Å². The van der Waals surface area contributed by atoms with Gasteiger partial charge in [-0.15, -0.1) is 0 Å². The number of halogens is 1. The van der Waals surface area contributed by atoms with Gasteiger partial charge >= 0.3 is 0 Å². The number of carbonyl (C=O) groups excluding carboxylic acids is 1. The van der Waals surface area contributed by atoms with Crippen LogP contribution in [0.15, 0.2) is 24.3 Å². The van der Waals surface area contributed by atoms with Crippen molar-refractivity contribution >= 4 is 11.6 Å². The Labute approximate surface area is 119 Å². The van der Waals surface area contributed by atoms with Crippen molar-refractivity contribution in [1.82, 2.24) is 10.2 Å². The molecule has 0 aliphatic carbocycles. The first-order chi connectivity index (χ1) is 9.63. The number of carbonyl (C=O) groups is 1. The third-order valence-electron chi connectivity index (χ3n) is 3.47. The average molecular weight is 279 g/mol. The molecule has 4 nitrogen and oxygen atoms in total. The van der Waals surface area contributed by atoms with Gasteiger partial charge in [0.25, 0.3) is 0 Å². The van der Waals surface area contributed by atoms with Gasteiger partial charge in [-0.3, -0.25) is 4.79 Å². The highest BCUT2D eigenvalue weighted by molar-refractivity contribution is 5.92. The van der Waals surface area contributed by atoms with Crippen molar-refractivity contribution < 1.29 is 9.18 Å². The number of anilines is 1. The molecular formula is C15H22FN3O. The summed E-state index contributed by atoms with van der Waals surface area (Å²) in [6.45, 7) is 5.65. The monoisotopic (exact) mass is 279 g/mol. The first kappa shape index (κ1) is 14.9. The van der Waals surface area contributed by atoms with Crippen LogP contribution in [-0.2, 0) is 4.79 Å². The van der Waals surface area contributed by atoms with E-state index in [4.69, 9.17) is 0 Å². The van der Waals surface area contributed by atoms with Crippen molar-refractivity contribution in [2.45, 2.75) is 25.8 Å². The summed E-state index contributed by atoms with van der Waals surface area (Å²) in [5.41, 5.74) is 0.616. The van der Waals surface area contributed by atoms with Crippen LogP contribution in [0.5, 0.6) is 0 Å². The molecule has 110 valence electrons. The Hall–Kier alpha value is -1.46.